The van der Waals surface area contributed by atoms with E-state index in [1.165, 1.54) is 7.11 Å². The van der Waals surface area contributed by atoms with Crippen molar-refractivity contribution in [3.63, 3.8) is 0 Å². The van der Waals surface area contributed by atoms with E-state index in [0.717, 1.165) is 0 Å². The van der Waals surface area contributed by atoms with Gasteiger partial charge in [-0.1, -0.05) is 12.2 Å². The molecule has 0 unspecified atom stereocenters. The number of hydrogen-bond donors (Lipinski definition) is 0. The molecule has 3 aliphatic rings. The molecule has 3 rings (SSSR count). The number of hydrogen-bond acceptors (Lipinski definition) is 5. The van der Waals surface area contributed by atoms with Crippen LogP contribution in [-0.2, 0) is 4.74 Å². The van der Waals surface area contributed by atoms with Crippen molar-refractivity contribution in [2.45, 2.75) is 18.4 Å². The molecule has 2 atom stereocenters. The molecule has 0 heterocycles. The number of methoxy groups -OCH3 is 1. The molecule has 1 saturated carbocycles. The Bertz CT molecular complexity index is 552. The predicted molar refractivity (Wildman–Crippen MR) is 58.9 cm³/mol. The molecule has 0 aromatic carbocycles. The molecule has 88 valence electrons. The highest BCUT2D eigenvalue weighted by Gasteiger charge is 2.73. The van der Waals surface area contributed by atoms with E-state index in [1.54, 1.807) is 12.2 Å². The Morgan fingerprint density at radius 2 is 1.72 bits per heavy atom. The maximum absolute atomic E-state index is 9.47. The first-order chi connectivity index (χ1) is 8.62. The molecule has 0 saturated heterocycles. The van der Waals surface area contributed by atoms with Crippen molar-refractivity contribution in [1.29, 1.82) is 21.0 Å². The zero-order valence-corrected chi connectivity index (χ0v) is 9.84. The fraction of sp³-hybridized carbons (Fsp3) is 0.538. The van der Waals surface area contributed by atoms with E-state index >= 15 is 0 Å². The maximum Gasteiger partial charge on any atom is 0.207 e. The summed E-state index contributed by atoms with van der Waals surface area (Å²) in [5.74, 6) is -0.399. The van der Waals surface area contributed by atoms with Crippen LogP contribution in [0, 0.1) is 62.1 Å². The number of allylic oxidation sites excluding steroid dienone is 1. The lowest BCUT2D eigenvalue weighted by Crippen LogP contribution is -2.64. The molecule has 0 aromatic rings. The molecular formula is C13H10N4O. The Labute approximate surface area is 105 Å². The SMILES string of the molecule is CO[C@]12C=C[C@H](CC1)C(C#N)(C#N)C2(C#N)C#N. The topological polar surface area (TPSA) is 104 Å². The number of rotatable bonds is 1. The second-order valence-corrected chi connectivity index (χ2v) is 4.60. The van der Waals surface area contributed by atoms with E-state index in [1.807, 2.05) is 24.3 Å². The fourth-order valence-electron chi connectivity index (χ4n) is 3.18. The minimum atomic E-state index is -1.78. The molecule has 0 aliphatic heterocycles. The molecule has 18 heavy (non-hydrogen) atoms. The smallest absolute Gasteiger partial charge is 0.207 e. The quantitative estimate of drug-likeness (QED) is 0.642. The summed E-state index contributed by atoms with van der Waals surface area (Å²) < 4.78 is 5.39. The van der Waals surface area contributed by atoms with Crippen molar-refractivity contribution in [3.8, 4) is 24.3 Å². The monoisotopic (exact) mass is 238 g/mol. The third-order valence-electron chi connectivity index (χ3n) is 4.26. The van der Waals surface area contributed by atoms with Gasteiger partial charge in [-0.15, -0.1) is 0 Å². The van der Waals surface area contributed by atoms with Gasteiger partial charge < -0.3 is 4.74 Å². The second kappa shape index (κ2) is 3.58. The highest BCUT2D eigenvalue weighted by Crippen LogP contribution is 2.62. The van der Waals surface area contributed by atoms with E-state index in [2.05, 4.69) is 0 Å². The van der Waals surface area contributed by atoms with Crippen LogP contribution < -0.4 is 0 Å². The molecule has 5 heteroatoms. The van der Waals surface area contributed by atoms with Gasteiger partial charge >= 0.3 is 0 Å². The summed E-state index contributed by atoms with van der Waals surface area (Å²) in [4.78, 5) is 0. The first kappa shape index (κ1) is 12.1. The van der Waals surface area contributed by atoms with Crippen LogP contribution in [0.25, 0.3) is 0 Å². The summed E-state index contributed by atoms with van der Waals surface area (Å²) in [6, 6.07) is 7.63. The van der Waals surface area contributed by atoms with Crippen molar-refractivity contribution in [1.82, 2.24) is 0 Å². The lowest BCUT2D eigenvalue weighted by Gasteiger charge is -2.54. The average molecular weight is 238 g/mol. The van der Waals surface area contributed by atoms with Gasteiger partial charge in [0.1, 0.15) is 5.60 Å². The van der Waals surface area contributed by atoms with Crippen LogP contribution in [0.15, 0.2) is 12.2 Å². The molecule has 0 amide bonds. The van der Waals surface area contributed by atoms with Crippen molar-refractivity contribution in [2.24, 2.45) is 16.7 Å². The molecule has 0 aromatic heterocycles. The number of ether oxygens (including phenoxy) is 1. The highest BCUT2D eigenvalue weighted by molar-refractivity contribution is 5.48. The summed E-state index contributed by atoms with van der Waals surface area (Å²) in [5.41, 5.74) is -4.62. The average Bonchev–Trinajstić information content (AvgIpc) is 2.46. The van der Waals surface area contributed by atoms with Crippen molar-refractivity contribution < 1.29 is 4.74 Å². The molecule has 2 bridgehead atoms. The minimum Gasteiger partial charge on any atom is -0.371 e. The van der Waals surface area contributed by atoms with Crippen LogP contribution in [0.5, 0.6) is 0 Å². The second-order valence-electron chi connectivity index (χ2n) is 4.60. The molecule has 5 nitrogen and oxygen atoms in total. The zero-order chi connectivity index (χ0) is 13.4. The summed E-state index contributed by atoms with van der Waals surface area (Å²) in [6.45, 7) is 0. The van der Waals surface area contributed by atoms with Crippen molar-refractivity contribution >= 4 is 0 Å². The van der Waals surface area contributed by atoms with Crippen molar-refractivity contribution in [3.05, 3.63) is 12.2 Å². The van der Waals surface area contributed by atoms with Gasteiger partial charge in [0.25, 0.3) is 0 Å². The van der Waals surface area contributed by atoms with E-state index in [4.69, 9.17) is 4.74 Å². The Morgan fingerprint density at radius 1 is 1.11 bits per heavy atom. The molecule has 0 N–H and O–H groups in total. The van der Waals surface area contributed by atoms with Gasteiger partial charge in [0.15, 0.2) is 5.41 Å². The van der Waals surface area contributed by atoms with Crippen LogP contribution >= 0.6 is 0 Å². The largest absolute Gasteiger partial charge is 0.371 e. The lowest BCUT2D eigenvalue weighted by molar-refractivity contribution is -0.108. The third-order valence-corrected chi connectivity index (χ3v) is 4.26. The third kappa shape index (κ3) is 0.925. The van der Waals surface area contributed by atoms with Gasteiger partial charge in [0.2, 0.25) is 5.41 Å². The summed E-state index contributed by atoms with van der Waals surface area (Å²) in [5, 5.41) is 37.8. The van der Waals surface area contributed by atoms with Gasteiger partial charge in [-0.2, -0.15) is 21.0 Å². The zero-order valence-electron chi connectivity index (χ0n) is 9.84. The van der Waals surface area contributed by atoms with Gasteiger partial charge in [-0.3, -0.25) is 0 Å². The standard InChI is InChI=1S/C13H10N4O/c1-18-13-4-2-10(3-5-13)11(6-14,7-15)12(13,8-16)9-17/h2,4,10H,3,5H2,1H3/t10-,13-/m1/s1. The van der Waals surface area contributed by atoms with Crippen LogP contribution in [-0.4, -0.2) is 12.7 Å². The molecule has 1 fully saturated rings. The number of fused-ring (bicyclic) bond motifs is 2. The van der Waals surface area contributed by atoms with Crippen LogP contribution in [0.4, 0.5) is 0 Å². The van der Waals surface area contributed by atoms with Crippen LogP contribution in [0.3, 0.4) is 0 Å². The maximum atomic E-state index is 9.47. The van der Waals surface area contributed by atoms with Crippen LogP contribution in [0.2, 0.25) is 0 Å². The fourth-order valence-corrected chi connectivity index (χ4v) is 3.18. The van der Waals surface area contributed by atoms with Gasteiger partial charge in [-0.25, -0.2) is 0 Å². The Hall–Kier alpha value is -2.34. The number of nitrogens with zero attached hydrogens (tertiary/aromatic N) is 4. The molecule has 0 radical (unpaired) electrons. The normalized spacial score (nSPS) is 33.7. The van der Waals surface area contributed by atoms with Crippen LogP contribution in [0.1, 0.15) is 12.8 Å². The van der Waals surface area contributed by atoms with Crippen molar-refractivity contribution in [2.75, 3.05) is 7.11 Å². The summed E-state index contributed by atoms with van der Waals surface area (Å²) in [6.07, 6.45) is 4.43. The number of nitriles is 4. The Balaban J connectivity index is 2.85. The van der Waals surface area contributed by atoms with E-state index in [-0.39, 0.29) is 0 Å². The minimum absolute atomic E-state index is 0.399. The van der Waals surface area contributed by atoms with E-state index in [0.29, 0.717) is 12.8 Å². The first-order valence-electron chi connectivity index (χ1n) is 5.51. The summed E-state index contributed by atoms with van der Waals surface area (Å²) >= 11 is 0. The summed E-state index contributed by atoms with van der Waals surface area (Å²) in [7, 11) is 1.40. The van der Waals surface area contributed by atoms with Gasteiger partial charge in [-0.05, 0) is 12.8 Å². The lowest BCUT2D eigenvalue weighted by atomic mass is 9.45. The Kier molecular flexibility index (Phi) is 2.41. The highest BCUT2D eigenvalue weighted by atomic mass is 16.5. The van der Waals surface area contributed by atoms with Gasteiger partial charge in [0, 0.05) is 13.0 Å². The first-order valence-corrected chi connectivity index (χ1v) is 5.51. The van der Waals surface area contributed by atoms with Gasteiger partial charge in [0.05, 0.1) is 24.3 Å². The Morgan fingerprint density at radius 3 is 2.06 bits per heavy atom. The molecule has 3 aliphatic carbocycles. The molecular weight excluding hydrogens is 228 g/mol. The molecule has 0 spiro atoms. The predicted octanol–water partition coefficient (Wildman–Crippen LogP) is 1.42. The van der Waals surface area contributed by atoms with E-state index < -0.39 is 22.3 Å². The van der Waals surface area contributed by atoms with E-state index in [9.17, 15) is 21.0 Å².